The summed E-state index contributed by atoms with van der Waals surface area (Å²) in [5.74, 6) is -1.16. The average molecular weight is 431 g/mol. The highest BCUT2D eigenvalue weighted by Gasteiger charge is 2.33. The van der Waals surface area contributed by atoms with Crippen LogP contribution < -0.4 is 14.9 Å². The minimum atomic E-state index is -1.19. The fraction of sp³-hybridized carbons (Fsp3) is 0.150. The van der Waals surface area contributed by atoms with Gasteiger partial charge < -0.3 is 14.6 Å². The van der Waals surface area contributed by atoms with Crippen LogP contribution >= 0.6 is 24.0 Å². The second kappa shape index (κ2) is 9.08. The van der Waals surface area contributed by atoms with Gasteiger partial charge in [0, 0.05) is 6.54 Å². The van der Waals surface area contributed by atoms with E-state index in [-0.39, 0.29) is 17.2 Å². The van der Waals surface area contributed by atoms with Gasteiger partial charge in [-0.25, -0.2) is 15.2 Å². The third kappa shape index (κ3) is 4.42. The Morgan fingerprint density at radius 2 is 1.93 bits per heavy atom. The lowest BCUT2D eigenvalue weighted by atomic mass is 10.0. The normalized spacial score (nSPS) is 15.1. The van der Waals surface area contributed by atoms with Crippen molar-refractivity contribution in [2.24, 2.45) is 0 Å². The number of ether oxygens (including phenoxy) is 2. The first kappa shape index (κ1) is 20.8. The SMILES string of the molecule is COc1ccc(/C=C2/SC(=S)N(NCc3ccccc3)C2=O)c(C(=O)O)c1OC. The van der Waals surface area contributed by atoms with Crippen LogP contribution in [0.5, 0.6) is 11.5 Å². The molecule has 0 aromatic heterocycles. The first-order chi connectivity index (χ1) is 14.0. The van der Waals surface area contributed by atoms with Gasteiger partial charge in [-0.05, 0) is 23.3 Å². The van der Waals surface area contributed by atoms with Crippen molar-refractivity contribution in [3.63, 3.8) is 0 Å². The smallest absolute Gasteiger partial charge is 0.340 e. The van der Waals surface area contributed by atoms with Crippen LogP contribution in [-0.4, -0.2) is 40.5 Å². The first-order valence-corrected chi connectivity index (χ1v) is 9.72. The van der Waals surface area contributed by atoms with E-state index < -0.39 is 5.97 Å². The molecule has 0 aliphatic carbocycles. The van der Waals surface area contributed by atoms with Gasteiger partial charge >= 0.3 is 5.97 Å². The van der Waals surface area contributed by atoms with Gasteiger partial charge in [0.25, 0.3) is 5.91 Å². The number of nitrogens with one attached hydrogen (secondary N) is 1. The van der Waals surface area contributed by atoms with Gasteiger partial charge in [-0.2, -0.15) is 0 Å². The number of hydrogen-bond donors (Lipinski definition) is 2. The van der Waals surface area contributed by atoms with E-state index >= 15 is 0 Å². The van der Waals surface area contributed by atoms with E-state index in [4.69, 9.17) is 21.7 Å². The van der Waals surface area contributed by atoms with Crippen LogP contribution in [0.3, 0.4) is 0 Å². The third-order valence-corrected chi connectivity index (χ3v) is 5.46. The number of carboxylic acids is 1. The summed E-state index contributed by atoms with van der Waals surface area (Å²) in [6.07, 6.45) is 1.49. The van der Waals surface area contributed by atoms with Gasteiger partial charge in [0.1, 0.15) is 5.56 Å². The quantitative estimate of drug-likeness (QED) is 0.511. The largest absolute Gasteiger partial charge is 0.493 e. The van der Waals surface area contributed by atoms with Gasteiger partial charge in [0.15, 0.2) is 15.8 Å². The summed E-state index contributed by atoms with van der Waals surface area (Å²) in [5, 5.41) is 10.9. The van der Waals surface area contributed by atoms with Crippen LogP contribution in [0.2, 0.25) is 0 Å². The van der Waals surface area contributed by atoms with Crippen LogP contribution in [0.15, 0.2) is 47.4 Å². The van der Waals surface area contributed by atoms with Crippen molar-refractivity contribution in [1.29, 1.82) is 0 Å². The lowest BCUT2D eigenvalue weighted by Crippen LogP contribution is -2.40. The lowest BCUT2D eigenvalue weighted by molar-refractivity contribution is -0.124. The molecule has 2 N–H and O–H groups in total. The van der Waals surface area contributed by atoms with Gasteiger partial charge in [-0.15, -0.1) is 0 Å². The van der Waals surface area contributed by atoms with Gasteiger partial charge in [-0.1, -0.05) is 60.4 Å². The van der Waals surface area contributed by atoms with E-state index in [0.29, 0.717) is 27.1 Å². The molecule has 0 unspecified atom stereocenters. The molecular formula is C20H18N2O5S2. The molecule has 1 aliphatic rings. The van der Waals surface area contributed by atoms with Crippen LogP contribution in [-0.2, 0) is 11.3 Å². The van der Waals surface area contributed by atoms with E-state index in [9.17, 15) is 14.7 Å². The lowest BCUT2D eigenvalue weighted by Gasteiger charge is -2.15. The number of thiocarbonyl (C=S) groups is 1. The zero-order valence-corrected chi connectivity index (χ0v) is 17.3. The number of carbonyl (C=O) groups is 2. The molecule has 1 aliphatic heterocycles. The molecule has 3 rings (SSSR count). The second-order valence-electron chi connectivity index (χ2n) is 5.91. The molecular weight excluding hydrogens is 412 g/mol. The van der Waals surface area contributed by atoms with E-state index in [1.54, 1.807) is 12.1 Å². The molecule has 7 nitrogen and oxygen atoms in total. The van der Waals surface area contributed by atoms with Crippen LogP contribution in [0.25, 0.3) is 6.08 Å². The van der Waals surface area contributed by atoms with Crippen molar-refractivity contribution < 1.29 is 24.2 Å². The van der Waals surface area contributed by atoms with E-state index in [0.717, 1.165) is 17.3 Å². The minimum Gasteiger partial charge on any atom is -0.493 e. The third-order valence-electron chi connectivity index (χ3n) is 4.16. The number of amides is 1. The Hall–Kier alpha value is -2.88. The number of carbonyl (C=O) groups excluding carboxylic acids is 1. The van der Waals surface area contributed by atoms with Crippen molar-refractivity contribution in [2.45, 2.75) is 6.54 Å². The first-order valence-electron chi connectivity index (χ1n) is 8.50. The predicted molar refractivity (Wildman–Crippen MR) is 115 cm³/mol. The number of benzene rings is 2. The molecule has 0 atom stereocenters. The van der Waals surface area contributed by atoms with Crippen LogP contribution in [0, 0.1) is 0 Å². The Morgan fingerprint density at radius 3 is 2.55 bits per heavy atom. The van der Waals surface area contributed by atoms with Crippen molar-refractivity contribution in [1.82, 2.24) is 10.4 Å². The molecule has 0 bridgehead atoms. The summed E-state index contributed by atoms with van der Waals surface area (Å²) < 4.78 is 10.7. The Kier molecular flexibility index (Phi) is 6.53. The maximum Gasteiger partial charge on any atom is 0.340 e. The van der Waals surface area contributed by atoms with E-state index in [1.165, 1.54) is 25.3 Å². The molecule has 2 aromatic rings. The van der Waals surface area contributed by atoms with Crippen molar-refractivity contribution in [3.05, 3.63) is 64.1 Å². The molecule has 1 heterocycles. The number of thioether (sulfide) groups is 1. The summed E-state index contributed by atoms with van der Waals surface area (Å²) in [6.45, 7) is 0.428. The van der Waals surface area contributed by atoms with Gasteiger partial charge in [-0.3, -0.25) is 4.79 Å². The van der Waals surface area contributed by atoms with Crippen molar-refractivity contribution >= 4 is 46.3 Å². The predicted octanol–water partition coefficient (Wildman–Crippen LogP) is 3.31. The standard InChI is InChI=1S/C20H18N2O5S2/c1-26-14-9-8-13(16(19(24)25)17(14)27-2)10-15-18(23)22(20(28)29-15)21-11-12-6-4-3-5-7-12/h3-10,21H,11H2,1-2H3,(H,24,25)/b15-10+. The highest BCUT2D eigenvalue weighted by Crippen LogP contribution is 2.37. The molecule has 0 saturated carbocycles. The highest BCUT2D eigenvalue weighted by atomic mass is 32.2. The summed E-state index contributed by atoms with van der Waals surface area (Å²) in [5.41, 5.74) is 4.24. The fourth-order valence-corrected chi connectivity index (χ4v) is 4.00. The topological polar surface area (TPSA) is 88.1 Å². The number of carboxylic acid groups (broad SMARTS) is 1. The molecule has 29 heavy (non-hydrogen) atoms. The molecule has 2 aromatic carbocycles. The molecule has 1 saturated heterocycles. The molecule has 1 amide bonds. The Bertz CT molecular complexity index is 992. The zero-order valence-electron chi connectivity index (χ0n) is 15.7. The number of rotatable bonds is 7. The Labute approximate surface area is 177 Å². The summed E-state index contributed by atoms with van der Waals surface area (Å²) in [4.78, 5) is 24.9. The van der Waals surface area contributed by atoms with Gasteiger partial charge in [0.05, 0.1) is 19.1 Å². The van der Waals surface area contributed by atoms with Crippen LogP contribution in [0.4, 0.5) is 0 Å². The average Bonchev–Trinajstić information content (AvgIpc) is 2.99. The van der Waals surface area contributed by atoms with Crippen molar-refractivity contribution in [2.75, 3.05) is 14.2 Å². The number of nitrogens with zero attached hydrogens (tertiary/aromatic N) is 1. The molecule has 150 valence electrons. The highest BCUT2D eigenvalue weighted by molar-refractivity contribution is 8.26. The summed E-state index contributed by atoms with van der Waals surface area (Å²) >= 11 is 6.40. The van der Waals surface area contributed by atoms with Gasteiger partial charge in [0.2, 0.25) is 0 Å². The second-order valence-corrected chi connectivity index (χ2v) is 7.58. The molecule has 0 radical (unpaired) electrons. The van der Waals surface area contributed by atoms with Crippen LogP contribution in [0.1, 0.15) is 21.5 Å². The number of methoxy groups -OCH3 is 2. The van der Waals surface area contributed by atoms with E-state index in [2.05, 4.69) is 5.43 Å². The monoisotopic (exact) mass is 430 g/mol. The number of aromatic carboxylic acids is 1. The zero-order chi connectivity index (χ0) is 21.0. The summed E-state index contributed by atoms with van der Waals surface area (Å²) in [7, 11) is 2.79. The summed E-state index contributed by atoms with van der Waals surface area (Å²) in [6, 6.07) is 12.7. The van der Waals surface area contributed by atoms with E-state index in [1.807, 2.05) is 30.3 Å². The maximum absolute atomic E-state index is 12.8. The minimum absolute atomic E-state index is 0.0886. The molecule has 0 spiro atoms. The molecule has 9 heteroatoms. The molecule has 1 fully saturated rings. The Morgan fingerprint density at radius 1 is 1.21 bits per heavy atom. The maximum atomic E-state index is 12.8. The number of hydrogen-bond acceptors (Lipinski definition) is 7. The van der Waals surface area contributed by atoms with Crippen molar-refractivity contribution in [3.8, 4) is 11.5 Å². The fourth-order valence-electron chi connectivity index (χ4n) is 2.79. The Balaban J connectivity index is 1.88. The number of hydrazine groups is 1.